The Labute approximate surface area is 80.6 Å². The second-order valence-electron chi connectivity index (χ2n) is 2.51. The van der Waals surface area contributed by atoms with Crippen LogP contribution in [0.1, 0.15) is 0 Å². The summed E-state index contributed by atoms with van der Waals surface area (Å²) in [5.41, 5.74) is 1.96. The summed E-state index contributed by atoms with van der Waals surface area (Å²) in [6, 6.07) is 5.84. The Morgan fingerprint density at radius 3 is 3.00 bits per heavy atom. The van der Waals surface area contributed by atoms with E-state index in [2.05, 4.69) is 15.0 Å². The molecule has 0 amide bonds. The Hall–Kier alpha value is -1.29. The minimum absolute atomic E-state index is 0.798. The number of thioether (sulfide) groups is 1. The maximum Gasteiger partial charge on any atom is 0.187 e. The smallest absolute Gasteiger partial charge is 0.187 e. The number of hydrogen-bond donors (Lipinski definition) is 1. The Morgan fingerprint density at radius 1 is 1.38 bits per heavy atom. The number of hydrogen-bond acceptors (Lipinski definition) is 3. The molecule has 1 N–H and O–H groups in total. The number of nitrogens with zero attached hydrogens (tertiary/aromatic N) is 2. The maximum atomic E-state index is 4.35. The van der Waals surface area contributed by atoms with E-state index in [0.717, 1.165) is 16.5 Å². The first-order valence-corrected chi connectivity index (χ1v) is 5.13. The minimum Gasteiger partial charge on any atom is -0.360 e. The highest BCUT2D eigenvalue weighted by atomic mass is 32.2. The molecular weight excluding hydrogens is 182 g/mol. The first-order valence-electron chi connectivity index (χ1n) is 3.91. The summed E-state index contributed by atoms with van der Waals surface area (Å²) in [5.74, 6) is 0. The fourth-order valence-corrected chi connectivity index (χ4v) is 1.43. The van der Waals surface area contributed by atoms with Crippen LogP contribution in [0.15, 0.2) is 35.7 Å². The van der Waals surface area contributed by atoms with Gasteiger partial charge in [-0.2, -0.15) is 0 Å². The molecule has 4 heteroatoms. The molecule has 13 heavy (non-hydrogen) atoms. The zero-order valence-corrected chi connectivity index (χ0v) is 8.01. The van der Waals surface area contributed by atoms with Gasteiger partial charge in [0.1, 0.15) is 0 Å². The monoisotopic (exact) mass is 191 g/mol. The SMILES string of the molecule is CSc1nccc(-c2ccc[nH]2)n1. The van der Waals surface area contributed by atoms with Crippen LogP contribution in [0.4, 0.5) is 0 Å². The van der Waals surface area contributed by atoms with Crippen LogP contribution in [-0.4, -0.2) is 21.2 Å². The molecule has 0 atom stereocenters. The summed E-state index contributed by atoms with van der Waals surface area (Å²) in [6.45, 7) is 0. The number of aromatic nitrogens is 3. The third-order valence-electron chi connectivity index (χ3n) is 1.69. The lowest BCUT2D eigenvalue weighted by molar-refractivity contribution is 0.973. The van der Waals surface area contributed by atoms with Gasteiger partial charge in [0.2, 0.25) is 0 Å². The Balaban J connectivity index is 2.41. The van der Waals surface area contributed by atoms with Crippen molar-refractivity contribution < 1.29 is 0 Å². The molecule has 2 aromatic heterocycles. The Morgan fingerprint density at radius 2 is 2.31 bits per heavy atom. The zero-order valence-electron chi connectivity index (χ0n) is 7.19. The van der Waals surface area contributed by atoms with Crippen LogP contribution >= 0.6 is 11.8 Å². The topological polar surface area (TPSA) is 41.6 Å². The van der Waals surface area contributed by atoms with Crippen LogP contribution < -0.4 is 0 Å². The average molecular weight is 191 g/mol. The molecule has 2 heterocycles. The normalized spacial score (nSPS) is 10.2. The average Bonchev–Trinajstić information content (AvgIpc) is 2.71. The predicted octanol–water partition coefficient (Wildman–Crippen LogP) is 2.19. The van der Waals surface area contributed by atoms with Crippen molar-refractivity contribution >= 4 is 11.8 Å². The van der Waals surface area contributed by atoms with Crippen LogP contribution in [-0.2, 0) is 0 Å². The predicted molar refractivity (Wildman–Crippen MR) is 53.6 cm³/mol. The Kier molecular flexibility index (Phi) is 2.31. The molecule has 0 unspecified atom stereocenters. The van der Waals surface area contributed by atoms with Crippen LogP contribution in [0.3, 0.4) is 0 Å². The van der Waals surface area contributed by atoms with Gasteiger partial charge in [0.05, 0.1) is 11.4 Å². The lowest BCUT2D eigenvalue weighted by Crippen LogP contribution is -1.88. The molecule has 0 radical (unpaired) electrons. The number of aromatic amines is 1. The summed E-state index contributed by atoms with van der Waals surface area (Å²) in [4.78, 5) is 11.6. The quantitative estimate of drug-likeness (QED) is 0.584. The fraction of sp³-hybridized carbons (Fsp3) is 0.111. The van der Waals surface area contributed by atoms with E-state index in [9.17, 15) is 0 Å². The third kappa shape index (κ3) is 1.72. The molecule has 0 fully saturated rings. The van der Waals surface area contributed by atoms with Crippen molar-refractivity contribution in [2.75, 3.05) is 6.26 Å². The summed E-state index contributed by atoms with van der Waals surface area (Å²) in [5, 5.41) is 0.798. The van der Waals surface area contributed by atoms with Gasteiger partial charge in [-0.25, -0.2) is 9.97 Å². The summed E-state index contributed by atoms with van der Waals surface area (Å²) in [6.07, 6.45) is 5.62. The van der Waals surface area contributed by atoms with E-state index in [4.69, 9.17) is 0 Å². The number of nitrogens with one attached hydrogen (secondary N) is 1. The first-order chi connectivity index (χ1) is 6.40. The van der Waals surface area contributed by atoms with Gasteiger partial charge >= 0.3 is 0 Å². The van der Waals surface area contributed by atoms with Gasteiger partial charge in [-0.05, 0) is 24.5 Å². The highest BCUT2D eigenvalue weighted by molar-refractivity contribution is 7.98. The molecule has 0 aromatic carbocycles. The van der Waals surface area contributed by atoms with Crippen molar-refractivity contribution in [1.29, 1.82) is 0 Å². The molecule has 0 aliphatic rings. The van der Waals surface area contributed by atoms with Gasteiger partial charge in [0.25, 0.3) is 0 Å². The first kappa shape index (κ1) is 8.31. The van der Waals surface area contributed by atoms with Crippen LogP contribution in [0.25, 0.3) is 11.4 Å². The lowest BCUT2D eigenvalue weighted by Gasteiger charge is -1.98. The van der Waals surface area contributed by atoms with E-state index >= 15 is 0 Å². The number of H-pyrrole nitrogens is 1. The van der Waals surface area contributed by atoms with E-state index in [1.807, 2.05) is 30.7 Å². The van der Waals surface area contributed by atoms with Gasteiger partial charge < -0.3 is 4.98 Å². The molecule has 2 aromatic rings. The summed E-state index contributed by atoms with van der Waals surface area (Å²) >= 11 is 1.54. The molecule has 0 aliphatic carbocycles. The van der Waals surface area contributed by atoms with Crippen molar-refractivity contribution in [1.82, 2.24) is 15.0 Å². The van der Waals surface area contributed by atoms with Gasteiger partial charge in [-0.15, -0.1) is 0 Å². The van der Waals surface area contributed by atoms with Gasteiger partial charge in [-0.3, -0.25) is 0 Å². The minimum atomic E-state index is 0.798. The van der Waals surface area contributed by atoms with Gasteiger partial charge in [0, 0.05) is 12.4 Å². The molecule has 0 saturated heterocycles. The highest BCUT2D eigenvalue weighted by Gasteiger charge is 2.00. The lowest BCUT2D eigenvalue weighted by atomic mass is 10.3. The molecule has 0 spiro atoms. The summed E-state index contributed by atoms with van der Waals surface area (Å²) < 4.78 is 0. The molecular formula is C9H9N3S. The van der Waals surface area contributed by atoms with E-state index < -0.39 is 0 Å². The molecule has 2 rings (SSSR count). The zero-order chi connectivity index (χ0) is 9.10. The Bertz CT molecular complexity index is 384. The second-order valence-corrected chi connectivity index (χ2v) is 3.29. The maximum absolute atomic E-state index is 4.35. The van der Waals surface area contributed by atoms with Crippen molar-refractivity contribution in [3.05, 3.63) is 30.6 Å². The van der Waals surface area contributed by atoms with Crippen LogP contribution in [0, 0.1) is 0 Å². The highest BCUT2D eigenvalue weighted by Crippen LogP contribution is 2.16. The number of rotatable bonds is 2. The van der Waals surface area contributed by atoms with Crippen molar-refractivity contribution in [3.63, 3.8) is 0 Å². The van der Waals surface area contributed by atoms with Gasteiger partial charge in [0.15, 0.2) is 5.16 Å². The molecule has 0 bridgehead atoms. The van der Waals surface area contributed by atoms with Crippen molar-refractivity contribution in [2.45, 2.75) is 5.16 Å². The summed E-state index contributed by atoms with van der Waals surface area (Å²) in [7, 11) is 0. The largest absolute Gasteiger partial charge is 0.360 e. The fourth-order valence-electron chi connectivity index (χ4n) is 1.08. The third-order valence-corrected chi connectivity index (χ3v) is 2.25. The molecule has 3 nitrogen and oxygen atoms in total. The van der Waals surface area contributed by atoms with Crippen molar-refractivity contribution in [3.8, 4) is 11.4 Å². The van der Waals surface area contributed by atoms with E-state index in [-0.39, 0.29) is 0 Å². The molecule has 66 valence electrons. The van der Waals surface area contributed by atoms with E-state index in [0.29, 0.717) is 0 Å². The van der Waals surface area contributed by atoms with Crippen LogP contribution in [0.5, 0.6) is 0 Å². The van der Waals surface area contributed by atoms with Gasteiger partial charge in [-0.1, -0.05) is 11.8 Å². The standard InChI is InChI=1S/C9H9N3S/c1-13-9-11-6-4-8(12-9)7-3-2-5-10-7/h2-6,10H,1H3. The van der Waals surface area contributed by atoms with Crippen LogP contribution in [0.2, 0.25) is 0 Å². The second kappa shape index (κ2) is 3.62. The van der Waals surface area contributed by atoms with E-state index in [1.165, 1.54) is 0 Å². The molecule has 0 aliphatic heterocycles. The van der Waals surface area contributed by atoms with E-state index in [1.54, 1.807) is 18.0 Å². The van der Waals surface area contributed by atoms with Crippen molar-refractivity contribution in [2.24, 2.45) is 0 Å². The molecule has 0 saturated carbocycles.